The van der Waals surface area contributed by atoms with Crippen molar-refractivity contribution >= 4 is 32.5 Å². The number of para-hydroxylation sites is 1. The van der Waals surface area contributed by atoms with Gasteiger partial charge in [-0.25, -0.2) is 4.79 Å². The smallest absolute Gasteiger partial charge is 0.462 e. The Morgan fingerprint density at radius 2 is 1.81 bits per heavy atom. The summed E-state index contributed by atoms with van der Waals surface area (Å²) in [6.07, 6.45) is 1.07. The van der Waals surface area contributed by atoms with Crippen LogP contribution in [0.15, 0.2) is 42.6 Å². The molecule has 2 heterocycles. The third-order valence-electron chi connectivity index (χ3n) is 3.58. The van der Waals surface area contributed by atoms with Gasteiger partial charge in [0.15, 0.2) is 5.75 Å². The number of carbonyl (C=O) groups excluding carboxylic acids is 1. The number of ether oxygens (including phenoxy) is 1. The van der Waals surface area contributed by atoms with Crippen LogP contribution in [0.25, 0.3) is 16.4 Å². The van der Waals surface area contributed by atoms with Gasteiger partial charge >= 0.3 is 21.6 Å². The van der Waals surface area contributed by atoms with Crippen LogP contribution in [0.2, 0.25) is 0 Å². The molecule has 0 saturated heterocycles. The number of esters is 1. The second-order valence-corrected chi connectivity index (χ2v) is 6.75. The number of hydrogen-bond acceptors (Lipinski definition) is 5. The van der Waals surface area contributed by atoms with Crippen LogP contribution in [-0.4, -0.2) is 30.9 Å². The van der Waals surface area contributed by atoms with Gasteiger partial charge in [0.2, 0.25) is 0 Å². The number of pyridine rings is 1. The van der Waals surface area contributed by atoms with Crippen LogP contribution in [-0.2, 0) is 14.9 Å². The van der Waals surface area contributed by atoms with Gasteiger partial charge in [0.05, 0.1) is 29.4 Å². The van der Waals surface area contributed by atoms with Gasteiger partial charge in [-0.15, -0.1) is 0 Å². The number of carbonyl (C=O) groups is 1. The van der Waals surface area contributed by atoms with Crippen LogP contribution >= 0.6 is 0 Å². The second kappa shape index (κ2) is 6.20. The SMILES string of the molecule is CCOC(=O)c1c2ccccc2n2cc(OS(=O)(=O)C(F)(F)F)ccc12. The molecule has 6 nitrogen and oxygen atoms in total. The lowest BCUT2D eigenvalue weighted by Gasteiger charge is -2.10. The average Bonchev–Trinajstić information content (AvgIpc) is 2.87. The van der Waals surface area contributed by atoms with E-state index in [1.165, 1.54) is 10.5 Å². The number of fused-ring (bicyclic) bond motifs is 3. The number of rotatable bonds is 4. The summed E-state index contributed by atoms with van der Waals surface area (Å²) in [6.45, 7) is 1.79. The minimum Gasteiger partial charge on any atom is -0.462 e. The third-order valence-corrected chi connectivity index (χ3v) is 4.56. The molecule has 0 amide bonds. The van der Waals surface area contributed by atoms with Gasteiger partial charge in [0, 0.05) is 5.39 Å². The molecule has 0 saturated carbocycles. The van der Waals surface area contributed by atoms with Crippen molar-refractivity contribution in [1.82, 2.24) is 4.40 Å². The fraction of sp³-hybridized carbons (Fsp3) is 0.188. The zero-order valence-electron chi connectivity index (χ0n) is 13.3. The van der Waals surface area contributed by atoms with Crippen LogP contribution in [0, 0.1) is 0 Å². The van der Waals surface area contributed by atoms with Crippen molar-refractivity contribution in [3.05, 3.63) is 48.2 Å². The van der Waals surface area contributed by atoms with Crippen molar-refractivity contribution in [2.75, 3.05) is 6.61 Å². The van der Waals surface area contributed by atoms with E-state index >= 15 is 0 Å². The van der Waals surface area contributed by atoms with E-state index in [1.807, 2.05) is 0 Å². The average molecular weight is 387 g/mol. The van der Waals surface area contributed by atoms with Gasteiger partial charge in [-0.05, 0) is 25.1 Å². The molecule has 0 aliphatic rings. The van der Waals surface area contributed by atoms with Crippen molar-refractivity contribution < 1.29 is 35.3 Å². The first-order chi connectivity index (χ1) is 12.2. The van der Waals surface area contributed by atoms with E-state index in [-0.39, 0.29) is 12.2 Å². The highest BCUT2D eigenvalue weighted by molar-refractivity contribution is 7.88. The summed E-state index contributed by atoms with van der Waals surface area (Å²) in [5, 5.41) is 0.516. The van der Waals surface area contributed by atoms with Crippen LogP contribution < -0.4 is 4.18 Å². The van der Waals surface area contributed by atoms with E-state index < -0.39 is 27.3 Å². The summed E-state index contributed by atoms with van der Waals surface area (Å²) in [6, 6.07) is 8.99. The van der Waals surface area contributed by atoms with Gasteiger partial charge in [-0.3, -0.25) is 0 Å². The van der Waals surface area contributed by atoms with Crippen LogP contribution in [0.5, 0.6) is 5.75 Å². The molecule has 0 aliphatic heterocycles. The van der Waals surface area contributed by atoms with E-state index in [2.05, 4.69) is 4.18 Å². The predicted molar refractivity (Wildman–Crippen MR) is 86.5 cm³/mol. The number of benzene rings is 1. The number of alkyl halides is 3. The first-order valence-corrected chi connectivity index (χ1v) is 8.77. The summed E-state index contributed by atoms with van der Waals surface area (Å²) < 4.78 is 70.4. The zero-order valence-corrected chi connectivity index (χ0v) is 14.1. The molecule has 0 radical (unpaired) electrons. The molecule has 0 fully saturated rings. The van der Waals surface area contributed by atoms with Crippen LogP contribution in [0.4, 0.5) is 13.2 Å². The topological polar surface area (TPSA) is 74.1 Å². The summed E-state index contributed by atoms with van der Waals surface area (Å²) in [4.78, 5) is 12.3. The minimum atomic E-state index is -5.80. The summed E-state index contributed by atoms with van der Waals surface area (Å²) >= 11 is 0. The molecular formula is C16H12F3NO5S. The Balaban J connectivity index is 2.20. The third kappa shape index (κ3) is 2.96. The molecule has 10 heteroatoms. The molecule has 26 heavy (non-hydrogen) atoms. The molecule has 0 aliphatic carbocycles. The molecule has 0 atom stereocenters. The normalized spacial score (nSPS) is 12.5. The Bertz CT molecular complexity index is 1100. The first-order valence-electron chi connectivity index (χ1n) is 7.36. The quantitative estimate of drug-likeness (QED) is 0.389. The van der Waals surface area contributed by atoms with E-state index in [4.69, 9.17) is 4.74 Å². The molecule has 0 N–H and O–H groups in total. The molecule has 0 spiro atoms. The largest absolute Gasteiger partial charge is 0.534 e. The Labute approximate surface area is 145 Å². The Morgan fingerprint density at radius 3 is 2.46 bits per heavy atom. The molecule has 3 aromatic rings. The van der Waals surface area contributed by atoms with Gasteiger partial charge < -0.3 is 13.3 Å². The Kier molecular flexibility index (Phi) is 4.31. The van der Waals surface area contributed by atoms with E-state index in [0.29, 0.717) is 16.4 Å². The molecule has 1 aromatic carbocycles. The van der Waals surface area contributed by atoms with Crippen molar-refractivity contribution in [3.63, 3.8) is 0 Å². The molecule has 0 unspecified atom stereocenters. The van der Waals surface area contributed by atoms with Gasteiger partial charge in [0.1, 0.15) is 0 Å². The van der Waals surface area contributed by atoms with E-state index in [9.17, 15) is 26.4 Å². The zero-order chi connectivity index (χ0) is 19.1. The predicted octanol–water partition coefficient (Wildman–Crippen LogP) is 3.50. The monoisotopic (exact) mass is 387 g/mol. The Hall–Kier alpha value is -2.75. The van der Waals surface area contributed by atoms with Crippen molar-refractivity contribution in [1.29, 1.82) is 0 Å². The lowest BCUT2D eigenvalue weighted by Crippen LogP contribution is -2.28. The fourth-order valence-electron chi connectivity index (χ4n) is 2.56. The molecule has 138 valence electrons. The van der Waals surface area contributed by atoms with Gasteiger partial charge in [0.25, 0.3) is 0 Å². The van der Waals surface area contributed by atoms with E-state index in [0.717, 1.165) is 12.3 Å². The van der Waals surface area contributed by atoms with Gasteiger partial charge in [-0.1, -0.05) is 18.2 Å². The van der Waals surface area contributed by atoms with Crippen molar-refractivity contribution in [2.45, 2.75) is 12.4 Å². The number of hydrogen-bond donors (Lipinski definition) is 0. The lowest BCUT2D eigenvalue weighted by atomic mass is 10.1. The first kappa shape index (κ1) is 18.1. The van der Waals surface area contributed by atoms with Crippen molar-refractivity contribution in [3.8, 4) is 5.75 Å². The molecular weight excluding hydrogens is 375 g/mol. The van der Waals surface area contributed by atoms with Crippen molar-refractivity contribution in [2.24, 2.45) is 0 Å². The number of halogens is 3. The highest BCUT2D eigenvalue weighted by atomic mass is 32.2. The maximum Gasteiger partial charge on any atom is 0.534 e. The maximum atomic E-state index is 12.5. The highest BCUT2D eigenvalue weighted by Crippen LogP contribution is 2.31. The standard InChI is InChI=1S/C16H12F3NO5S/c1-2-24-15(21)14-11-5-3-4-6-12(11)20-9-10(7-8-13(14)20)25-26(22,23)16(17,18)19/h3-9H,2H2,1H3. The molecule has 3 rings (SSSR count). The summed E-state index contributed by atoms with van der Waals surface area (Å²) in [5.41, 5.74) is -4.48. The minimum absolute atomic E-state index is 0.148. The molecule has 0 bridgehead atoms. The highest BCUT2D eigenvalue weighted by Gasteiger charge is 2.48. The Morgan fingerprint density at radius 1 is 1.12 bits per heavy atom. The maximum absolute atomic E-state index is 12.5. The summed E-state index contributed by atoms with van der Waals surface area (Å²) in [7, 11) is -5.80. The molecule has 2 aromatic heterocycles. The fourth-order valence-corrected chi connectivity index (χ4v) is 3.00. The second-order valence-electron chi connectivity index (χ2n) is 5.22. The number of nitrogens with zero attached hydrogens (tertiary/aromatic N) is 1. The number of aromatic nitrogens is 1. The van der Waals surface area contributed by atoms with Crippen LogP contribution in [0.1, 0.15) is 17.3 Å². The van der Waals surface area contributed by atoms with Gasteiger partial charge in [-0.2, -0.15) is 21.6 Å². The van der Waals surface area contributed by atoms with Crippen LogP contribution in [0.3, 0.4) is 0 Å². The lowest BCUT2D eigenvalue weighted by molar-refractivity contribution is -0.0500. The summed E-state index contributed by atoms with van der Waals surface area (Å²) in [5.74, 6) is -1.13. The van der Waals surface area contributed by atoms with E-state index in [1.54, 1.807) is 31.2 Å².